The number of nitrogens with zero attached hydrogens (tertiary/aromatic N) is 1. The first-order valence-electron chi connectivity index (χ1n) is 4.35. The molecule has 0 aromatic heterocycles. The van der Waals surface area contributed by atoms with Crippen LogP contribution in [-0.2, 0) is 0 Å². The van der Waals surface area contributed by atoms with E-state index < -0.39 is 0 Å². The summed E-state index contributed by atoms with van der Waals surface area (Å²) in [6.07, 6.45) is 7.17. The molecule has 0 unspecified atom stereocenters. The number of hydrogen-bond donors (Lipinski definition) is 0. The van der Waals surface area contributed by atoms with Crippen LogP contribution >= 0.6 is 0 Å². The molecule has 12 heavy (non-hydrogen) atoms. The lowest BCUT2D eigenvalue weighted by Crippen LogP contribution is -2.03. The summed E-state index contributed by atoms with van der Waals surface area (Å²) in [6, 6.07) is 0. The molecule has 0 spiro atoms. The molecular weight excluding hydrogens is 146 g/mol. The van der Waals surface area contributed by atoms with E-state index in [9.17, 15) is 0 Å². The van der Waals surface area contributed by atoms with Crippen molar-refractivity contribution in [2.45, 2.75) is 26.2 Å². The van der Waals surface area contributed by atoms with Crippen LogP contribution in [0.15, 0.2) is 41.6 Å². The Morgan fingerprint density at radius 3 is 3.00 bits per heavy atom. The van der Waals surface area contributed by atoms with Crippen LogP contribution in [0, 0.1) is 0 Å². The number of rotatable bonds is 2. The van der Waals surface area contributed by atoms with Crippen LogP contribution in [-0.4, -0.2) is 5.71 Å². The van der Waals surface area contributed by atoms with Gasteiger partial charge in [-0.05, 0) is 24.8 Å². The van der Waals surface area contributed by atoms with Crippen molar-refractivity contribution in [1.82, 2.24) is 0 Å². The van der Waals surface area contributed by atoms with Crippen LogP contribution in [0.25, 0.3) is 0 Å². The topological polar surface area (TPSA) is 12.4 Å². The fourth-order valence-corrected chi connectivity index (χ4v) is 1.10. The van der Waals surface area contributed by atoms with Crippen molar-refractivity contribution in [2.75, 3.05) is 0 Å². The lowest BCUT2D eigenvalue weighted by molar-refractivity contribution is 1.03. The van der Waals surface area contributed by atoms with Crippen molar-refractivity contribution in [2.24, 2.45) is 4.99 Å². The summed E-state index contributed by atoms with van der Waals surface area (Å²) in [4.78, 5) is 4.41. The Hall–Kier alpha value is -1.11. The van der Waals surface area contributed by atoms with Gasteiger partial charge in [-0.25, -0.2) is 0 Å². The van der Waals surface area contributed by atoms with Gasteiger partial charge in [0, 0.05) is 11.4 Å². The molecule has 0 amide bonds. The summed E-state index contributed by atoms with van der Waals surface area (Å²) in [5.74, 6) is 0. The molecule has 1 rings (SSSR count). The third-order valence-corrected chi connectivity index (χ3v) is 1.94. The van der Waals surface area contributed by atoms with Crippen LogP contribution in [0.2, 0.25) is 0 Å². The molecule has 1 aliphatic carbocycles. The summed E-state index contributed by atoms with van der Waals surface area (Å²) in [5, 5.41) is 0. The maximum atomic E-state index is 4.41. The Morgan fingerprint density at radius 2 is 2.42 bits per heavy atom. The molecule has 0 heterocycles. The standard InChI is InChI=1S/C11H15N/c1-4-10(3)12-11-8-6-5-7-9(11)2/h5,7H,2-4,6,8H2,1H3. The average molecular weight is 161 g/mol. The largest absolute Gasteiger partial charge is 0.258 e. The van der Waals surface area contributed by atoms with Gasteiger partial charge in [-0.2, -0.15) is 0 Å². The lowest BCUT2D eigenvalue weighted by atomic mass is 10.0. The average Bonchev–Trinajstić information content (AvgIpc) is 2.09. The minimum atomic E-state index is 0.917. The highest BCUT2D eigenvalue weighted by Crippen LogP contribution is 2.14. The van der Waals surface area contributed by atoms with Gasteiger partial charge in [-0.3, -0.25) is 4.99 Å². The zero-order chi connectivity index (χ0) is 8.97. The van der Waals surface area contributed by atoms with Gasteiger partial charge in [-0.1, -0.05) is 32.2 Å². The second kappa shape index (κ2) is 4.05. The van der Waals surface area contributed by atoms with Crippen LogP contribution in [0.4, 0.5) is 0 Å². The van der Waals surface area contributed by atoms with Gasteiger partial charge >= 0.3 is 0 Å². The molecule has 0 saturated heterocycles. The predicted molar refractivity (Wildman–Crippen MR) is 54.4 cm³/mol. The third kappa shape index (κ3) is 2.19. The molecule has 1 aliphatic rings. The van der Waals surface area contributed by atoms with Crippen LogP contribution in [0.3, 0.4) is 0 Å². The molecule has 1 heteroatoms. The molecule has 0 N–H and O–H groups in total. The third-order valence-electron chi connectivity index (χ3n) is 1.94. The minimum absolute atomic E-state index is 0.917. The summed E-state index contributed by atoms with van der Waals surface area (Å²) in [6.45, 7) is 9.84. The maximum Gasteiger partial charge on any atom is 0.0475 e. The second-order valence-corrected chi connectivity index (χ2v) is 2.94. The smallest absolute Gasteiger partial charge is 0.0475 e. The highest BCUT2D eigenvalue weighted by Gasteiger charge is 2.05. The normalized spacial score (nSPS) is 20.1. The van der Waals surface area contributed by atoms with E-state index in [1.165, 1.54) is 0 Å². The van der Waals surface area contributed by atoms with Gasteiger partial charge in [0.25, 0.3) is 0 Å². The highest BCUT2D eigenvalue weighted by molar-refractivity contribution is 6.03. The number of aliphatic imine (C=N–C) groups is 1. The van der Waals surface area contributed by atoms with Gasteiger partial charge < -0.3 is 0 Å². The van der Waals surface area contributed by atoms with E-state index in [0.29, 0.717) is 0 Å². The van der Waals surface area contributed by atoms with E-state index in [0.717, 1.165) is 36.2 Å². The van der Waals surface area contributed by atoms with E-state index in [4.69, 9.17) is 0 Å². The minimum Gasteiger partial charge on any atom is -0.258 e. The molecule has 0 fully saturated rings. The fourth-order valence-electron chi connectivity index (χ4n) is 1.10. The zero-order valence-electron chi connectivity index (χ0n) is 7.64. The Labute approximate surface area is 74.2 Å². The SMILES string of the molecule is C=C(CC)N=C1CCC=CC1=C. The van der Waals surface area contributed by atoms with Gasteiger partial charge in [-0.15, -0.1) is 0 Å². The first-order valence-corrected chi connectivity index (χ1v) is 4.35. The van der Waals surface area contributed by atoms with Gasteiger partial charge in [0.15, 0.2) is 0 Å². The number of hydrogen-bond acceptors (Lipinski definition) is 1. The number of allylic oxidation sites excluding steroid dienone is 4. The van der Waals surface area contributed by atoms with E-state index in [-0.39, 0.29) is 0 Å². The van der Waals surface area contributed by atoms with E-state index >= 15 is 0 Å². The van der Waals surface area contributed by atoms with Gasteiger partial charge in [0.1, 0.15) is 0 Å². The molecule has 0 atom stereocenters. The lowest BCUT2D eigenvalue weighted by Gasteiger charge is -2.10. The van der Waals surface area contributed by atoms with Crippen molar-refractivity contribution in [3.05, 3.63) is 36.6 Å². The molecule has 0 aromatic carbocycles. The second-order valence-electron chi connectivity index (χ2n) is 2.94. The van der Waals surface area contributed by atoms with E-state index in [1.54, 1.807) is 0 Å². The quantitative estimate of drug-likeness (QED) is 0.589. The first kappa shape index (κ1) is 8.98. The summed E-state index contributed by atoms with van der Waals surface area (Å²) < 4.78 is 0. The van der Waals surface area contributed by atoms with Crippen molar-refractivity contribution < 1.29 is 0 Å². The van der Waals surface area contributed by atoms with Crippen molar-refractivity contribution in [1.29, 1.82) is 0 Å². The van der Waals surface area contributed by atoms with Crippen LogP contribution in [0.1, 0.15) is 26.2 Å². The summed E-state index contributed by atoms with van der Waals surface area (Å²) in [7, 11) is 0. The Balaban J connectivity index is 2.74. The van der Waals surface area contributed by atoms with Crippen molar-refractivity contribution in [3.8, 4) is 0 Å². The van der Waals surface area contributed by atoms with Crippen LogP contribution < -0.4 is 0 Å². The van der Waals surface area contributed by atoms with Gasteiger partial charge in [0.2, 0.25) is 0 Å². The van der Waals surface area contributed by atoms with Crippen molar-refractivity contribution in [3.63, 3.8) is 0 Å². The van der Waals surface area contributed by atoms with E-state index in [2.05, 4.69) is 31.2 Å². The van der Waals surface area contributed by atoms with Gasteiger partial charge in [0.05, 0.1) is 0 Å². The molecular formula is C11H15N. The monoisotopic (exact) mass is 161 g/mol. The fraction of sp³-hybridized carbons (Fsp3) is 0.364. The highest BCUT2D eigenvalue weighted by atomic mass is 14.8. The predicted octanol–water partition coefficient (Wildman–Crippen LogP) is 3.26. The molecule has 0 aliphatic heterocycles. The first-order chi connectivity index (χ1) is 5.74. The molecule has 0 saturated carbocycles. The van der Waals surface area contributed by atoms with Crippen LogP contribution in [0.5, 0.6) is 0 Å². The maximum absolute atomic E-state index is 4.41. The molecule has 0 aromatic rings. The molecule has 0 bridgehead atoms. The van der Waals surface area contributed by atoms with E-state index in [1.807, 2.05) is 6.08 Å². The molecule has 64 valence electrons. The summed E-state index contributed by atoms with van der Waals surface area (Å²) in [5.41, 5.74) is 3.08. The Kier molecular flexibility index (Phi) is 3.03. The Morgan fingerprint density at radius 1 is 1.67 bits per heavy atom. The molecule has 1 nitrogen and oxygen atoms in total. The zero-order valence-corrected chi connectivity index (χ0v) is 7.64. The Bertz CT molecular complexity index is 256. The molecule has 0 radical (unpaired) electrons. The summed E-state index contributed by atoms with van der Waals surface area (Å²) >= 11 is 0. The van der Waals surface area contributed by atoms with Crippen molar-refractivity contribution >= 4 is 5.71 Å².